The van der Waals surface area contributed by atoms with Crippen molar-refractivity contribution in [2.75, 3.05) is 52.7 Å². The molecule has 0 aliphatic carbocycles. The first kappa shape index (κ1) is 25.9. The van der Waals surface area contributed by atoms with E-state index in [9.17, 15) is 0 Å². The highest BCUT2D eigenvalue weighted by Gasteiger charge is 2.15. The van der Waals surface area contributed by atoms with Gasteiger partial charge in [0, 0.05) is 45.4 Å². The lowest BCUT2D eigenvalue weighted by molar-refractivity contribution is 0.0258. The van der Waals surface area contributed by atoms with Crippen LogP contribution in [0.25, 0.3) is 0 Å². The van der Waals surface area contributed by atoms with E-state index in [4.69, 9.17) is 14.2 Å². The van der Waals surface area contributed by atoms with Crippen LogP contribution in [-0.2, 0) is 14.2 Å². The van der Waals surface area contributed by atoms with E-state index in [1.807, 2.05) is 0 Å². The Labute approximate surface area is 177 Å². The molecular formula is C19H40IN3O3. The van der Waals surface area contributed by atoms with E-state index in [2.05, 4.69) is 43.3 Å². The summed E-state index contributed by atoms with van der Waals surface area (Å²) in [5, 5.41) is 6.70. The van der Waals surface area contributed by atoms with Crippen molar-refractivity contribution in [3.05, 3.63) is 0 Å². The maximum absolute atomic E-state index is 5.79. The van der Waals surface area contributed by atoms with Crippen molar-refractivity contribution in [2.24, 2.45) is 16.8 Å². The predicted octanol–water partition coefficient (Wildman–Crippen LogP) is 3.05. The van der Waals surface area contributed by atoms with Gasteiger partial charge in [0.1, 0.15) is 0 Å². The highest BCUT2D eigenvalue weighted by molar-refractivity contribution is 14.0. The van der Waals surface area contributed by atoms with Gasteiger partial charge in [0.25, 0.3) is 0 Å². The van der Waals surface area contributed by atoms with E-state index in [0.717, 1.165) is 77.9 Å². The number of hydrogen-bond acceptors (Lipinski definition) is 4. The SMILES string of the molecule is CCNC(=NCCCOCC1CCOC1)NCCC(OCC)C(C)C.I. The first-order chi connectivity index (χ1) is 12.2. The molecule has 0 bridgehead atoms. The van der Waals surface area contributed by atoms with Gasteiger partial charge in [-0.3, -0.25) is 4.99 Å². The summed E-state index contributed by atoms with van der Waals surface area (Å²) in [6.07, 6.45) is 3.36. The Hall–Kier alpha value is -0.120. The summed E-state index contributed by atoms with van der Waals surface area (Å²) in [6.45, 7) is 15.1. The van der Waals surface area contributed by atoms with Crippen LogP contribution in [0.2, 0.25) is 0 Å². The van der Waals surface area contributed by atoms with E-state index in [1.165, 1.54) is 0 Å². The third-order valence-corrected chi connectivity index (χ3v) is 4.28. The number of guanidine groups is 1. The molecule has 0 saturated carbocycles. The summed E-state index contributed by atoms with van der Waals surface area (Å²) in [7, 11) is 0. The number of aliphatic imine (C=N–C) groups is 1. The summed E-state index contributed by atoms with van der Waals surface area (Å²) >= 11 is 0. The van der Waals surface area contributed by atoms with E-state index in [-0.39, 0.29) is 24.0 Å². The average molecular weight is 485 g/mol. The summed E-state index contributed by atoms with van der Waals surface area (Å²) in [5.74, 6) is 2.00. The highest BCUT2D eigenvalue weighted by Crippen LogP contribution is 2.12. The minimum atomic E-state index is 0. The van der Waals surface area contributed by atoms with Gasteiger partial charge in [0.05, 0.1) is 19.3 Å². The fraction of sp³-hybridized carbons (Fsp3) is 0.947. The van der Waals surface area contributed by atoms with Crippen LogP contribution in [0.15, 0.2) is 4.99 Å². The second kappa shape index (κ2) is 17.0. The molecule has 6 nitrogen and oxygen atoms in total. The van der Waals surface area contributed by atoms with Gasteiger partial charge in [-0.05, 0) is 39.0 Å². The maximum Gasteiger partial charge on any atom is 0.191 e. The Morgan fingerprint density at radius 1 is 1.27 bits per heavy atom. The van der Waals surface area contributed by atoms with Crippen molar-refractivity contribution in [1.82, 2.24) is 10.6 Å². The number of hydrogen-bond donors (Lipinski definition) is 2. The predicted molar refractivity (Wildman–Crippen MR) is 119 cm³/mol. The van der Waals surface area contributed by atoms with Gasteiger partial charge in [-0.1, -0.05) is 13.8 Å². The summed E-state index contributed by atoms with van der Waals surface area (Å²) in [4.78, 5) is 4.62. The van der Waals surface area contributed by atoms with Gasteiger partial charge in [0.15, 0.2) is 5.96 Å². The topological polar surface area (TPSA) is 64.1 Å². The Kier molecular flexibility index (Phi) is 16.9. The van der Waals surface area contributed by atoms with E-state index in [0.29, 0.717) is 17.9 Å². The Bertz CT molecular complexity index is 351. The van der Waals surface area contributed by atoms with Crippen LogP contribution >= 0.6 is 24.0 Å². The lowest BCUT2D eigenvalue weighted by Crippen LogP contribution is -2.39. The molecule has 0 aromatic rings. The summed E-state index contributed by atoms with van der Waals surface area (Å²) < 4.78 is 16.9. The van der Waals surface area contributed by atoms with Gasteiger partial charge in [-0.15, -0.1) is 24.0 Å². The Balaban J connectivity index is 0.00000625. The van der Waals surface area contributed by atoms with Crippen molar-refractivity contribution in [1.29, 1.82) is 0 Å². The van der Waals surface area contributed by atoms with Gasteiger partial charge in [-0.25, -0.2) is 0 Å². The molecule has 1 heterocycles. The molecule has 1 fully saturated rings. The average Bonchev–Trinajstić information content (AvgIpc) is 3.10. The quantitative estimate of drug-likeness (QED) is 0.182. The van der Waals surface area contributed by atoms with Crippen molar-refractivity contribution >= 4 is 29.9 Å². The van der Waals surface area contributed by atoms with Gasteiger partial charge in [0.2, 0.25) is 0 Å². The van der Waals surface area contributed by atoms with Crippen molar-refractivity contribution in [3.63, 3.8) is 0 Å². The molecule has 1 saturated heterocycles. The van der Waals surface area contributed by atoms with E-state index in [1.54, 1.807) is 0 Å². The molecule has 1 aliphatic heterocycles. The van der Waals surface area contributed by atoms with Crippen LogP contribution in [0.3, 0.4) is 0 Å². The standard InChI is InChI=1S/C19H39N3O3.HI/c1-5-20-19(22-11-8-18(16(3)4)25-6-2)21-10-7-12-23-14-17-9-13-24-15-17;/h16-18H,5-15H2,1-4H3,(H2,20,21,22);1H. The lowest BCUT2D eigenvalue weighted by atomic mass is 10.0. The molecule has 2 unspecified atom stereocenters. The summed E-state index contributed by atoms with van der Waals surface area (Å²) in [5.41, 5.74) is 0. The van der Waals surface area contributed by atoms with Gasteiger partial charge < -0.3 is 24.8 Å². The molecule has 26 heavy (non-hydrogen) atoms. The second-order valence-electron chi connectivity index (χ2n) is 6.87. The molecule has 0 aromatic heterocycles. The molecule has 156 valence electrons. The molecule has 7 heteroatoms. The largest absolute Gasteiger partial charge is 0.381 e. The normalized spacial score (nSPS) is 18.7. The molecule has 1 rings (SSSR count). The zero-order chi connectivity index (χ0) is 18.3. The zero-order valence-electron chi connectivity index (χ0n) is 17.1. The third-order valence-electron chi connectivity index (χ3n) is 4.28. The summed E-state index contributed by atoms with van der Waals surface area (Å²) in [6, 6.07) is 0. The van der Waals surface area contributed by atoms with Gasteiger partial charge >= 0.3 is 0 Å². The number of ether oxygens (including phenoxy) is 3. The zero-order valence-corrected chi connectivity index (χ0v) is 19.4. The van der Waals surface area contributed by atoms with Crippen LogP contribution in [-0.4, -0.2) is 64.7 Å². The van der Waals surface area contributed by atoms with E-state index >= 15 is 0 Å². The highest BCUT2D eigenvalue weighted by atomic mass is 127. The molecule has 0 spiro atoms. The molecule has 2 atom stereocenters. The fourth-order valence-electron chi connectivity index (χ4n) is 2.82. The molecule has 0 aromatic carbocycles. The first-order valence-corrected chi connectivity index (χ1v) is 9.96. The molecule has 0 amide bonds. The minimum Gasteiger partial charge on any atom is -0.381 e. The number of nitrogens with one attached hydrogen (secondary N) is 2. The second-order valence-corrected chi connectivity index (χ2v) is 6.87. The van der Waals surface area contributed by atoms with Crippen molar-refractivity contribution in [3.8, 4) is 0 Å². The molecular weight excluding hydrogens is 445 g/mol. The number of rotatable bonds is 13. The number of nitrogens with zero attached hydrogens (tertiary/aromatic N) is 1. The van der Waals surface area contributed by atoms with Crippen LogP contribution < -0.4 is 10.6 Å². The smallest absolute Gasteiger partial charge is 0.191 e. The maximum atomic E-state index is 5.79. The van der Waals surface area contributed by atoms with Crippen molar-refractivity contribution < 1.29 is 14.2 Å². The van der Waals surface area contributed by atoms with Crippen LogP contribution in [0.5, 0.6) is 0 Å². The Morgan fingerprint density at radius 2 is 2.08 bits per heavy atom. The van der Waals surface area contributed by atoms with Crippen molar-refractivity contribution in [2.45, 2.75) is 53.1 Å². The van der Waals surface area contributed by atoms with Gasteiger partial charge in [-0.2, -0.15) is 0 Å². The van der Waals surface area contributed by atoms with Crippen LogP contribution in [0.4, 0.5) is 0 Å². The lowest BCUT2D eigenvalue weighted by Gasteiger charge is -2.21. The van der Waals surface area contributed by atoms with Crippen LogP contribution in [0.1, 0.15) is 47.0 Å². The third kappa shape index (κ3) is 12.3. The monoisotopic (exact) mass is 485 g/mol. The number of halogens is 1. The fourth-order valence-corrected chi connectivity index (χ4v) is 2.82. The van der Waals surface area contributed by atoms with Crippen LogP contribution in [0, 0.1) is 11.8 Å². The molecule has 2 N–H and O–H groups in total. The Morgan fingerprint density at radius 3 is 2.69 bits per heavy atom. The molecule has 0 radical (unpaired) electrons. The van der Waals surface area contributed by atoms with E-state index < -0.39 is 0 Å². The first-order valence-electron chi connectivity index (χ1n) is 9.96. The molecule has 1 aliphatic rings. The minimum absolute atomic E-state index is 0.